The largest absolute Gasteiger partial charge is 0.506 e. The van der Waals surface area contributed by atoms with Crippen molar-refractivity contribution in [1.29, 1.82) is 0 Å². The number of thiophene rings is 1. The first-order chi connectivity index (χ1) is 12.2. The van der Waals surface area contributed by atoms with Crippen LogP contribution >= 0.6 is 11.3 Å². The molecule has 6 heteroatoms. The topological polar surface area (TPSA) is 75.4 Å². The number of aromatic hydroxyl groups is 1. The molecule has 3 rings (SSSR count). The molecule has 5 nitrogen and oxygen atoms in total. The maximum Gasteiger partial charge on any atom is 0.236 e. The Morgan fingerprint density at radius 3 is 2.73 bits per heavy atom. The molecule has 2 heterocycles. The van der Waals surface area contributed by atoms with Gasteiger partial charge in [-0.15, -0.1) is 11.3 Å². The zero-order chi connectivity index (χ0) is 18.9. The maximum absolute atomic E-state index is 12.4. The van der Waals surface area contributed by atoms with Crippen molar-refractivity contribution in [3.8, 4) is 16.5 Å². The molecule has 0 spiro atoms. The van der Waals surface area contributed by atoms with Crippen molar-refractivity contribution in [2.45, 2.75) is 39.5 Å². The average molecular weight is 370 g/mol. The number of rotatable bonds is 4. The number of anilines is 1. The number of carbonyl (C=O) groups is 1. The van der Waals surface area contributed by atoms with Gasteiger partial charge in [-0.05, 0) is 41.5 Å². The number of oxazole rings is 1. The van der Waals surface area contributed by atoms with Crippen molar-refractivity contribution < 1.29 is 14.3 Å². The van der Waals surface area contributed by atoms with Crippen LogP contribution in [0.2, 0.25) is 0 Å². The number of phenolic OH excluding ortho intramolecular Hbond substituents is 1. The van der Waals surface area contributed by atoms with Gasteiger partial charge in [-0.25, -0.2) is 4.98 Å². The number of hydrogen-bond acceptors (Lipinski definition) is 5. The van der Waals surface area contributed by atoms with Crippen LogP contribution in [0.25, 0.3) is 10.8 Å². The van der Waals surface area contributed by atoms with Crippen molar-refractivity contribution in [1.82, 2.24) is 4.98 Å². The van der Waals surface area contributed by atoms with E-state index in [0.717, 1.165) is 10.4 Å². The minimum absolute atomic E-state index is 0.0440. The normalized spacial score (nSPS) is 11.5. The second-order valence-electron chi connectivity index (χ2n) is 7.21. The zero-order valence-electron chi connectivity index (χ0n) is 15.3. The van der Waals surface area contributed by atoms with Crippen LogP contribution in [0.5, 0.6) is 5.75 Å². The monoisotopic (exact) mass is 370 g/mol. The second-order valence-corrected chi connectivity index (χ2v) is 8.15. The summed E-state index contributed by atoms with van der Waals surface area (Å²) in [6, 6.07) is 9.12. The second kappa shape index (κ2) is 6.96. The molecule has 1 aromatic carbocycles. The molecule has 2 aromatic heterocycles. The first-order valence-electron chi connectivity index (χ1n) is 8.37. The third-order valence-corrected chi connectivity index (χ3v) is 4.95. The van der Waals surface area contributed by atoms with Crippen LogP contribution in [0.4, 0.5) is 5.69 Å². The van der Waals surface area contributed by atoms with Crippen LogP contribution < -0.4 is 5.32 Å². The van der Waals surface area contributed by atoms with Gasteiger partial charge in [-0.3, -0.25) is 4.79 Å². The van der Waals surface area contributed by atoms with Crippen molar-refractivity contribution in [2.75, 3.05) is 5.32 Å². The average Bonchev–Trinajstić information content (AvgIpc) is 3.19. The lowest BCUT2D eigenvalue weighted by molar-refractivity contribution is -0.115. The van der Waals surface area contributed by atoms with E-state index >= 15 is 0 Å². The molecule has 136 valence electrons. The molecule has 0 saturated heterocycles. The number of aryl methyl sites for hydroxylation is 1. The Labute approximate surface area is 156 Å². The van der Waals surface area contributed by atoms with E-state index in [1.54, 1.807) is 19.1 Å². The number of phenols is 1. The fourth-order valence-corrected chi connectivity index (χ4v) is 3.20. The predicted octanol–water partition coefficient (Wildman–Crippen LogP) is 4.90. The van der Waals surface area contributed by atoms with Gasteiger partial charge in [-0.2, -0.15) is 0 Å². The molecule has 0 aliphatic heterocycles. The number of nitrogens with zero attached hydrogens (tertiary/aromatic N) is 1. The van der Waals surface area contributed by atoms with E-state index < -0.39 is 0 Å². The maximum atomic E-state index is 12.4. The minimum atomic E-state index is -0.250. The quantitative estimate of drug-likeness (QED) is 0.641. The van der Waals surface area contributed by atoms with Gasteiger partial charge in [0, 0.05) is 0 Å². The summed E-state index contributed by atoms with van der Waals surface area (Å²) in [5.74, 6) is 0.942. The molecule has 0 atom stereocenters. The van der Waals surface area contributed by atoms with Gasteiger partial charge in [-0.1, -0.05) is 32.9 Å². The lowest BCUT2D eigenvalue weighted by atomic mass is 9.87. The minimum Gasteiger partial charge on any atom is -0.506 e. The Balaban J connectivity index is 1.76. The van der Waals surface area contributed by atoms with Crippen molar-refractivity contribution in [3.05, 3.63) is 52.7 Å². The summed E-state index contributed by atoms with van der Waals surface area (Å²) in [5, 5.41) is 14.8. The highest BCUT2D eigenvalue weighted by Gasteiger charge is 2.18. The Hall–Kier alpha value is -2.60. The Morgan fingerprint density at radius 1 is 1.31 bits per heavy atom. The van der Waals surface area contributed by atoms with Crippen LogP contribution in [0, 0.1) is 6.92 Å². The fraction of sp³-hybridized carbons (Fsp3) is 0.300. The van der Waals surface area contributed by atoms with Crippen molar-refractivity contribution in [2.24, 2.45) is 0 Å². The summed E-state index contributed by atoms with van der Waals surface area (Å²) in [7, 11) is 0. The van der Waals surface area contributed by atoms with Crippen LogP contribution in [0.3, 0.4) is 0 Å². The smallest absolute Gasteiger partial charge is 0.236 e. The molecule has 0 aliphatic rings. The van der Waals surface area contributed by atoms with Gasteiger partial charge >= 0.3 is 0 Å². The van der Waals surface area contributed by atoms with E-state index in [4.69, 9.17) is 4.42 Å². The van der Waals surface area contributed by atoms with E-state index in [-0.39, 0.29) is 23.5 Å². The standard InChI is InChI=1S/C20H22N2O3S/c1-12-14(22-19(25-12)17-6-5-9-26-17)11-18(24)21-15-10-13(20(2,3)4)7-8-16(15)23/h5-10,23H,11H2,1-4H3,(H,21,24). The fourth-order valence-electron chi connectivity index (χ4n) is 2.55. The molecule has 0 fully saturated rings. The molecular weight excluding hydrogens is 348 g/mol. The number of benzene rings is 1. The molecule has 0 aliphatic carbocycles. The van der Waals surface area contributed by atoms with E-state index in [0.29, 0.717) is 23.0 Å². The lowest BCUT2D eigenvalue weighted by Gasteiger charge is -2.20. The van der Waals surface area contributed by atoms with Gasteiger partial charge in [0.1, 0.15) is 11.5 Å². The SMILES string of the molecule is Cc1oc(-c2cccs2)nc1CC(=O)Nc1cc(C(C)(C)C)ccc1O. The summed E-state index contributed by atoms with van der Waals surface area (Å²) in [6.45, 7) is 8.03. The molecule has 26 heavy (non-hydrogen) atoms. The molecule has 3 aromatic rings. The highest BCUT2D eigenvalue weighted by Crippen LogP contribution is 2.31. The van der Waals surface area contributed by atoms with Gasteiger partial charge in [0.2, 0.25) is 11.8 Å². The number of carbonyl (C=O) groups excluding carboxylic acids is 1. The van der Waals surface area contributed by atoms with Gasteiger partial charge in [0.15, 0.2) is 0 Å². The first kappa shape index (κ1) is 18.2. The van der Waals surface area contributed by atoms with Crippen LogP contribution in [-0.4, -0.2) is 16.0 Å². The summed E-state index contributed by atoms with van der Waals surface area (Å²) < 4.78 is 5.67. The van der Waals surface area contributed by atoms with Crippen molar-refractivity contribution in [3.63, 3.8) is 0 Å². The van der Waals surface area contributed by atoms with E-state index in [1.807, 2.05) is 23.6 Å². The number of aromatic nitrogens is 1. The number of hydrogen-bond donors (Lipinski definition) is 2. The predicted molar refractivity (Wildman–Crippen MR) is 104 cm³/mol. The molecule has 2 N–H and O–H groups in total. The molecule has 0 unspecified atom stereocenters. The summed E-state index contributed by atoms with van der Waals surface area (Å²) in [5.41, 5.74) is 1.95. The summed E-state index contributed by atoms with van der Waals surface area (Å²) in [6.07, 6.45) is 0.0832. The van der Waals surface area contributed by atoms with Crippen molar-refractivity contribution >= 4 is 22.9 Å². The summed E-state index contributed by atoms with van der Waals surface area (Å²) >= 11 is 1.54. The Morgan fingerprint density at radius 2 is 2.08 bits per heavy atom. The number of nitrogens with one attached hydrogen (secondary N) is 1. The third kappa shape index (κ3) is 3.96. The Bertz CT molecular complexity index is 921. The number of amides is 1. The van der Waals surface area contributed by atoms with E-state index in [2.05, 4.69) is 31.1 Å². The Kier molecular flexibility index (Phi) is 4.87. The molecular formula is C20H22N2O3S. The zero-order valence-corrected chi connectivity index (χ0v) is 16.1. The van der Waals surface area contributed by atoms with E-state index in [9.17, 15) is 9.90 Å². The lowest BCUT2D eigenvalue weighted by Crippen LogP contribution is -2.17. The molecule has 0 saturated carbocycles. The van der Waals surface area contributed by atoms with Gasteiger partial charge in [0.05, 0.1) is 22.7 Å². The van der Waals surface area contributed by atoms with Crippen LogP contribution in [0.15, 0.2) is 40.1 Å². The third-order valence-electron chi connectivity index (χ3n) is 4.09. The van der Waals surface area contributed by atoms with Crippen LogP contribution in [0.1, 0.15) is 37.8 Å². The van der Waals surface area contributed by atoms with Gasteiger partial charge in [0.25, 0.3) is 0 Å². The van der Waals surface area contributed by atoms with E-state index in [1.165, 1.54) is 11.3 Å². The van der Waals surface area contributed by atoms with Crippen LogP contribution in [-0.2, 0) is 16.6 Å². The molecule has 0 bridgehead atoms. The molecule has 1 amide bonds. The molecule has 0 radical (unpaired) electrons. The first-order valence-corrected chi connectivity index (χ1v) is 9.25. The highest BCUT2D eigenvalue weighted by molar-refractivity contribution is 7.13. The highest BCUT2D eigenvalue weighted by atomic mass is 32.1. The summed E-state index contributed by atoms with van der Waals surface area (Å²) in [4.78, 5) is 17.8. The van der Waals surface area contributed by atoms with Gasteiger partial charge < -0.3 is 14.8 Å².